The van der Waals surface area contributed by atoms with Crippen LogP contribution in [0, 0.1) is 5.41 Å². The van der Waals surface area contributed by atoms with Crippen molar-refractivity contribution >= 4 is 0 Å². The molecule has 0 radical (unpaired) electrons. The molecule has 2 aliphatic rings. The van der Waals surface area contributed by atoms with Gasteiger partial charge < -0.3 is 10.1 Å². The molecule has 1 aliphatic heterocycles. The molecule has 2 fully saturated rings. The quantitative estimate of drug-likeness (QED) is 0.706. The molecule has 1 heterocycles. The van der Waals surface area contributed by atoms with Crippen LogP contribution in [0.3, 0.4) is 0 Å². The number of nitrogens with one attached hydrogen (secondary N) is 1. The zero-order chi connectivity index (χ0) is 9.31. The van der Waals surface area contributed by atoms with E-state index in [2.05, 4.69) is 19.2 Å². The number of hydrogen-bond donors (Lipinski definition) is 1. The second-order valence-electron chi connectivity index (χ2n) is 5.04. The molecule has 0 aromatic carbocycles. The van der Waals surface area contributed by atoms with Crippen molar-refractivity contribution in [2.45, 2.75) is 51.6 Å². The van der Waals surface area contributed by atoms with Crippen LogP contribution >= 0.6 is 0 Å². The van der Waals surface area contributed by atoms with Gasteiger partial charge in [0, 0.05) is 25.3 Å². The van der Waals surface area contributed by atoms with Crippen LogP contribution in [0.4, 0.5) is 0 Å². The minimum Gasteiger partial charge on any atom is -0.381 e. The third-order valence-corrected chi connectivity index (χ3v) is 3.48. The van der Waals surface area contributed by atoms with Crippen molar-refractivity contribution in [3.05, 3.63) is 0 Å². The topological polar surface area (TPSA) is 21.3 Å². The first kappa shape index (κ1) is 9.47. The van der Waals surface area contributed by atoms with E-state index in [0.717, 1.165) is 19.3 Å². The molecule has 0 unspecified atom stereocenters. The van der Waals surface area contributed by atoms with E-state index in [1.165, 1.54) is 25.7 Å². The summed E-state index contributed by atoms with van der Waals surface area (Å²) in [5.74, 6) is 0. The lowest BCUT2D eigenvalue weighted by Crippen LogP contribution is -2.52. The first-order chi connectivity index (χ1) is 6.20. The van der Waals surface area contributed by atoms with E-state index < -0.39 is 0 Å². The van der Waals surface area contributed by atoms with Gasteiger partial charge in [0.25, 0.3) is 0 Å². The molecule has 1 spiro atoms. The van der Waals surface area contributed by atoms with Gasteiger partial charge in [0.2, 0.25) is 0 Å². The molecule has 0 atom stereocenters. The van der Waals surface area contributed by atoms with E-state index in [1.807, 2.05) is 0 Å². The van der Waals surface area contributed by atoms with E-state index in [0.29, 0.717) is 11.5 Å². The Morgan fingerprint density at radius 1 is 1.23 bits per heavy atom. The Labute approximate surface area is 81.0 Å². The van der Waals surface area contributed by atoms with Crippen LogP contribution in [0.25, 0.3) is 0 Å². The zero-order valence-corrected chi connectivity index (χ0v) is 8.81. The minimum absolute atomic E-state index is 0.641. The summed E-state index contributed by atoms with van der Waals surface area (Å²) in [5.41, 5.74) is 0.671. The maximum atomic E-state index is 5.40. The van der Waals surface area contributed by atoms with Crippen LogP contribution in [0.2, 0.25) is 0 Å². The number of rotatable bonds is 2. The lowest BCUT2D eigenvalue weighted by Gasteiger charge is -2.51. The van der Waals surface area contributed by atoms with Gasteiger partial charge in [-0.2, -0.15) is 0 Å². The molecule has 1 N–H and O–H groups in total. The molecule has 0 bridgehead atoms. The fourth-order valence-electron chi connectivity index (χ4n) is 2.79. The average molecular weight is 183 g/mol. The van der Waals surface area contributed by atoms with Gasteiger partial charge in [-0.25, -0.2) is 0 Å². The molecule has 0 aromatic rings. The highest BCUT2D eigenvalue weighted by Crippen LogP contribution is 2.48. The number of ether oxygens (including phenoxy) is 1. The van der Waals surface area contributed by atoms with E-state index in [-0.39, 0.29) is 0 Å². The summed E-state index contributed by atoms with van der Waals surface area (Å²) < 4.78 is 5.40. The highest BCUT2D eigenvalue weighted by atomic mass is 16.5. The Bertz CT molecular complexity index is 165. The lowest BCUT2D eigenvalue weighted by molar-refractivity contribution is -0.0464. The molecule has 1 saturated heterocycles. The standard InChI is InChI=1S/C11H21NO/c1-9(2)12-10-7-11(8-10)3-5-13-6-4-11/h9-10,12H,3-8H2,1-2H3. The Morgan fingerprint density at radius 2 is 1.85 bits per heavy atom. The van der Waals surface area contributed by atoms with Crippen molar-refractivity contribution < 1.29 is 4.74 Å². The van der Waals surface area contributed by atoms with Crippen molar-refractivity contribution in [2.75, 3.05) is 13.2 Å². The van der Waals surface area contributed by atoms with Gasteiger partial charge >= 0.3 is 0 Å². The first-order valence-corrected chi connectivity index (χ1v) is 5.54. The maximum absolute atomic E-state index is 5.40. The second-order valence-corrected chi connectivity index (χ2v) is 5.04. The molecular formula is C11H21NO. The van der Waals surface area contributed by atoms with E-state index >= 15 is 0 Å². The van der Waals surface area contributed by atoms with Crippen LogP contribution < -0.4 is 5.32 Å². The molecule has 1 saturated carbocycles. The molecule has 2 heteroatoms. The van der Waals surface area contributed by atoms with Gasteiger partial charge in [-0.3, -0.25) is 0 Å². The normalized spacial score (nSPS) is 27.9. The van der Waals surface area contributed by atoms with Crippen molar-refractivity contribution in [1.29, 1.82) is 0 Å². The summed E-state index contributed by atoms with van der Waals surface area (Å²) >= 11 is 0. The molecule has 0 amide bonds. The molecule has 76 valence electrons. The summed E-state index contributed by atoms with van der Waals surface area (Å²) in [5, 5.41) is 3.61. The largest absolute Gasteiger partial charge is 0.381 e. The summed E-state index contributed by atoms with van der Waals surface area (Å²) in [4.78, 5) is 0. The predicted octanol–water partition coefficient (Wildman–Crippen LogP) is 1.94. The highest BCUT2D eigenvalue weighted by molar-refractivity contribution is 4.98. The van der Waals surface area contributed by atoms with E-state index in [9.17, 15) is 0 Å². The highest BCUT2D eigenvalue weighted by Gasteiger charge is 2.44. The summed E-state index contributed by atoms with van der Waals surface area (Å²) in [6, 6.07) is 1.43. The fourth-order valence-corrected chi connectivity index (χ4v) is 2.79. The smallest absolute Gasteiger partial charge is 0.0471 e. The van der Waals surface area contributed by atoms with Crippen LogP contribution in [-0.2, 0) is 4.74 Å². The van der Waals surface area contributed by atoms with Gasteiger partial charge in [0.1, 0.15) is 0 Å². The molecule has 13 heavy (non-hydrogen) atoms. The van der Waals surface area contributed by atoms with Crippen molar-refractivity contribution in [3.63, 3.8) is 0 Å². The summed E-state index contributed by atoms with van der Waals surface area (Å²) in [7, 11) is 0. The van der Waals surface area contributed by atoms with Crippen LogP contribution in [-0.4, -0.2) is 25.3 Å². The van der Waals surface area contributed by atoms with Crippen LogP contribution in [0.5, 0.6) is 0 Å². The molecule has 2 nitrogen and oxygen atoms in total. The maximum Gasteiger partial charge on any atom is 0.0471 e. The van der Waals surface area contributed by atoms with Gasteiger partial charge in [-0.15, -0.1) is 0 Å². The lowest BCUT2D eigenvalue weighted by atomic mass is 9.61. The van der Waals surface area contributed by atoms with Crippen LogP contribution in [0.15, 0.2) is 0 Å². The predicted molar refractivity (Wildman–Crippen MR) is 53.8 cm³/mol. The van der Waals surface area contributed by atoms with Crippen LogP contribution in [0.1, 0.15) is 39.5 Å². The number of hydrogen-bond acceptors (Lipinski definition) is 2. The summed E-state index contributed by atoms with van der Waals surface area (Å²) in [6.07, 6.45) is 5.36. The van der Waals surface area contributed by atoms with Crippen molar-refractivity contribution in [2.24, 2.45) is 5.41 Å². The monoisotopic (exact) mass is 183 g/mol. The molecule has 0 aromatic heterocycles. The Kier molecular flexibility index (Phi) is 2.61. The SMILES string of the molecule is CC(C)NC1CC2(CCOCC2)C1. The third-order valence-electron chi connectivity index (χ3n) is 3.48. The second kappa shape index (κ2) is 3.58. The van der Waals surface area contributed by atoms with Gasteiger partial charge in [0.15, 0.2) is 0 Å². The first-order valence-electron chi connectivity index (χ1n) is 5.54. The van der Waals surface area contributed by atoms with E-state index in [4.69, 9.17) is 4.74 Å². The Hall–Kier alpha value is -0.0800. The van der Waals surface area contributed by atoms with Gasteiger partial charge in [-0.1, -0.05) is 13.8 Å². The van der Waals surface area contributed by atoms with Gasteiger partial charge in [-0.05, 0) is 31.1 Å². The molecule has 2 rings (SSSR count). The molecular weight excluding hydrogens is 162 g/mol. The minimum atomic E-state index is 0.641. The van der Waals surface area contributed by atoms with Crippen molar-refractivity contribution in [3.8, 4) is 0 Å². The van der Waals surface area contributed by atoms with Crippen molar-refractivity contribution in [1.82, 2.24) is 5.32 Å². The average Bonchev–Trinajstić information content (AvgIpc) is 2.02. The Balaban J connectivity index is 1.75. The van der Waals surface area contributed by atoms with E-state index in [1.54, 1.807) is 0 Å². The fraction of sp³-hybridized carbons (Fsp3) is 1.00. The molecule has 1 aliphatic carbocycles. The third kappa shape index (κ3) is 2.05. The Morgan fingerprint density at radius 3 is 2.38 bits per heavy atom. The van der Waals surface area contributed by atoms with Gasteiger partial charge in [0.05, 0.1) is 0 Å². The zero-order valence-electron chi connectivity index (χ0n) is 8.81. The summed E-state index contributed by atoms with van der Waals surface area (Å²) in [6.45, 7) is 6.45.